The Hall–Kier alpha value is -2.89. The van der Waals surface area contributed by atoms with E-state index >= 15 is 0 Å². The van der Waals surface area contributed by atoms with Crippen molar-refractivity contribution in [2.75, 3.05) is 17.3 Å². The van der Waals surface area contributed by atoms with Crippen LogP contribution < -0.4 is 15.0 Å². The molecule has 23 heavy (non-hydrogen) atoms. The van der Waals surface area contributed by atoms with Crippen molar-refractivity contribution >= 4 is 23.2 Å². The highest BCUT2D eigenvalue weighted by atomic mass is 19.1. The number of methoxy groups -OCH3 is 1. The Labute approximate surface area is 132 Å². The highest BCUT2D eigenvalue weighted by molar-refractivity contribution is 6.23. The molecule has 1 aliphatic rings. The molecule has 1 saturated heterocycles. The van der Waals surface area contributed by atoms with Crippen LogP contribution in [0.1, 0.15) is 6.42 Å². The summed E-state index contributed by atoms with van der Waals surface area (Å²) in [5.41, 5.74) is 0.867. The second kappa shape index (κ2) is 6.08. The Bertz CT molecular complexity index is 763. The second-order valence-electron chi connectivity index (χ2n) is 5.15. The number of nitrogens with one attached hydrogen (secondary N) is 1. The van der Waals surface area contributed by atoms with Gasteiger partial charge in [0.1, 0.15) is 17.6 Å². The SMILES string of the molecule is COc1ccccc1N[C@H]1CC(=O)N(c2cccc(F)c2)C1=O. The van der Waals surface area contributed by atoms with Gasteiger partial charge in [0, 0.05) is 0 Å². The number of ether oxygens (including phenoxy) is 1. The van der Waals surface area contributed by atoms with Crippen LogP contribution in [0.25, 0.3) is 0 Å². The fourth-order valence-electron chi connectivity index (χ4n) is 2.58. The molecule has 0 unspecified atom stereocenters. The van der Waals surface area contributed by atoms with Crippen LogP contribution in [0.2, 0.25) is 0 Å². The van der Waals surface area contributed by atoms with Crippen molar-refractivity contribution in [1.82, 2.24) is 0 Å². The van der Waals surface area contributed by atoms with Gasteiger partial charge in [-0.05, 0) is 30.3 Å². The van der Waals surface area contributed by atoms with E-state index in [1.54, 1.807) is 18.2 Å². The summed E-state index contributed by atoms with van der Waals surface area (Å²) >= 11 is 0. The average molecular weight is 314 g/mol. The lowest BCUT2D eigenvalue weighted by atomic mass is 10.2. The molecule has 118 valence electrons. The highest BCUT2D eigenvalue weighted by Gasteiger charge is 2.39. The molecule has 5 nitrogen and oxygen atoms in total. The summed E-state index contributed by atoms with van der Waals surface area (Å²) in [4.78, 5) is 25.7. The number of hydrogen-bond acceptors (Lipinski definition) is 4. The number of amides is 2. The molecule has 1 atom stereocenters. The van der Waals surface area contributed by atoms with Crippen LogP contribution >= 0.6 is 0 Å². The van der Waals surface area contributed by atoms with Crippen molar-refractivity contribution in [3.8, 4) is 5.75 Å². The number of rotatable bonds is 4. The Kier molecular flexibility index (Phi) is 3.97. The molecule has 0 spiro atoms. The largest absolute Gasteiger partial charge is 0.495 e. The molecule has 3 rings (SSSR count). The van der Waals surface area contributed by atoms with Crippen LogP contribution in [-0.2, 0) is 9.59 Å². The number of hydrogen-bond donors (Lipinski definition) is 1. The van der Waals surface area contributed by atoms with Crippen molar-refractivity contribution < 1.29 is 18.7 Å². The molecule has 1 N–H and O–H groups in total. The third kappa shape index (κ3) is 2.88. The Morgan fingerprint density at radius 1 is 1.17 bits per heavy atom. The molecule has 1 aliphatic heterocycles. The quantitative estimate of drug-likeness (QED) is 0.881. The van der Waals surface area contributed by atoms with Crippen molar-refractivity contribution in [2.24, 2.45) is 0 Å². The number of halogens is 1. The molecular weight excluding hydrogens is 299 g/mol. The smallest absolute Gasteiger partial charge is 0.256 e. The van der Waals surface area contributed by atoms with E-state index in [-0.39, 0.29) is 18.0 Å². The van der Waals surface area contributed by atoms with Crippen molar-refractivity contribution in [1.29, 1.82) is 0 Å². The van der Waals surface area contributed by atoms with E-state index in [0.29, 0.717) is 11.4 Å². The summed E-state index contributed by atoms with van der Waals surface area (Å²) in [6.45, 7) is 0. The van der Waals surface area contributed by atoms with Gasteiger partial charge in [-0.15, -0.1) is 0 Å². The first-order valence-corrected chi connectivity index (χ1v) is 7.12. The van der Waals surface area contributed by atoms with E-state index in [9.17, 15) is 14.0 Å². The standard InChI is InChI=1S/C17H15FN2O3/c1-23-15-8-3-2-7-13(15)19-14-10-16(21)20(17(14)22)12-6-4-5-11(18)9-12/h2-9,14,19H,10H2,1H3/t14-/m0/s1. The summed E-state index contributed by atoms with van der Waals surface area (Å²) in [6, 6.07) is 11.9. The third-order valence-corrected chi connectivity index (χ3v) is 3.65. The Morgan fingerprint density at radius 3 is 2.70 bits per heavy atom. The van der Waals surface area contributed by atoms with E-state index in [4.69, 9.17) is 4.74 Å². The minimum absolute atomic E-state index is 0.00734. The Morgan fingerprint density at radius 2 is 1.96 bits per heavy atom. The van der Waals surface area contributed by atoms with Gasteiger partial charge in [0.05, 0.1) is 24.9 Å². The molecule has 0 bridgehead atoms. The average Bonchev–Trinajstić information content (AvgIpc) is 2.82. The maximum Gasteiger partial charge on any atom is 0.256 e. The van der Waals surface area contributed by atoms with E-state index in [2.05, 4.69) is 5.32 Å². The molecule has 0 saturated carbocycles. The molecule has 0 aromatic heterocycles. The lowest BCUT2D eigenvalue weighted by Crippen LogP contribution is -2.34. The minimum Gasteiger partial charge on any atom is -0.495 e. The zero-order chi connectivity index (χ0) is 16.4. The normalized spacial score (nSPS) is 17.5. The lowest BCUT2D eigenvalue weighted by molar-refractivity contribution is -0.121. The second-order valence-corrected chi connectivity index (χ2v) is 5.15. The van der Waals surface area contributed by atoms with Crippen LogP contribution in [0.15, 0.2) is 48.5 Å². The van der Waals surface area contributed by atoms with Gasteiger partial charge in [-0.25, -0.2) is 9.29 Å². The van der Waals surface area contributed by atoms with Crippen LogP contribution in [0, 0.1) is 5.82 Å². The number of anilines is 2. The van der Waals surface area contributed by atoms with Crippen LogP contribution in [0.5, 0.6) is 5.75 Å². The maximum atomic E-state index is 13.3. The minimum atomic E-state index is -0.706. The van der Waals surface area contributed by atoms with Gasteiger partial charge in [-0.2, -0.15) is 0 Å². The highest BCUT2D eigenvalue weighted by Crippen LogP contribution is 2.29. The van der Waals surface area contributed by atoms with E-state index < -0.39 is 17.8 Å². The first-order chi connectivity index (χ1) is 11.1. The molecular formula is C17H15FN2O3. The molecule has 0 aliphatic carbocycles. The summed E-state index contributed by atoms with van der Waals surface area (Å²) in [5, 5.41) is 3.02. The van der Waals surface area contributed by atoms with Gasteiger partial charge in [0.2, 0.25) is 5.91 Å². The summed E-state index contributed by atoms with van der Waals surface area (Å²) in [6.07, 6.45) is 0.00734. The van der Waals surface area contributed by atoms with Crippen molar-refractivity contribution in [3.05, 3.63) is 54.3 Å². The first-order valence-electron chi connectivity index (χ1n) is 7.12. The summed E-state index contributed by atoms with van der Waals surface area (Å²) in [5.74, 6) is -0.694. The number of carbonyl (C=O) groups is 2. The fourth-order valence-corrected chi connectivity index (χ4v) is 2.58. The van der Waals surface area contributed by atoms with E-state index in [0.717, 1.165) is 4.90 Å². The molecule has 2 amide bonds. The predicted molar refractivity (Wildman–Crippen MR) is 83.9 cm³/mol. The number of benzene rings is 2. The van der Waals surface area contributed by atoms with Gasteiger partial charge < -0.3 is 10.1 Å². The van der Waals surface area contributed by atoms with Crippen LogP contribution in [0.3, 0.4) is 0 Å². The van der Waals surface area contributed by atoms with Gasteiger partial charge in [-0.1, -0.05) is 18.2 Å². The van der Waals surface area contributed by atoms with Crippen molar-refractivity contribution in [3.63, 3.8) is 0 Å². The zero-order valence-electron chi connectivity index (χ0n) is 12.5. The molecule has 1 heterocycles. The predicted octanol–water partition coefficient (Wildman–Crippen LogP) is 2.58. The van der Waals surface area contributed by atoms with Gasteiger partial charge in [0.15, 0.2) is 0 Å². The summed E-state index contributed by atoms with van der Waals surface area (Å²) in [7, 11) is 1.53. The molecule has 6 heteroatoms. The summed E-state index contributed by atoms with van der Waals surface area (Å²) < 4.78 is 18.6. The molecule has 1 fully saturated rings. The van der Waals surface area contributed by atoms with Crippen LogP contribution in [0.4, 0.5) is 15.8 Å². The lowest BCUT2D eigenvalue weighted by Gasteiger charge is -2.17. The first kappa shape index (κ1) is 15.0. The van der Waals surface area contributed by atoms with E-state index in [1.807, 2.05) is 6.07 Å². The maximum absolute atomic E-state index is 13.3. The molecule has 2 aromatic carbocycles. The number of imide groups is 1. The number of para-hydroxylation sites is 2. The van der Waals surface area contributed by atoms with Gasteiger partial charge in [0.25, 0.3) is 5.91 Å². The van der Waals surface area contributed by atoms with Gasteiger partial charge >= 0.3 is 0 Å². The Balaban J connectivity index is 1.84. The monoisotopic (exact) mass is 314 g/mol. The van der Waals surface area contributed by atoms with E-state index in [1.165, 1.54) is 31.4 Å². The van der Waals surface area contributed by atoms with Crippen molar-refractivity contribution in [2.45, 2.75) is 12.5 Å². The third-order valence-electron chi connectivity index (χ3n) is 3.65. The zero-order valence-corrected chi connectivity index (χ0v) is 12.5. The topological polar surface area (TPSA) is 58.6 Å². The fraction of sp³-hybridized carbons (Fsp3) is 0.176. The molecule has 0 radical (unpaired) electrons. The van der Waals surface area contributed by atoms with Crippen LogP contribution in [-0.4, -0.2) is 25.0 Å². The number of nitrogens with zero attached hydrogens (tertiary/aromatic N) is 1. The number of carbonyl (C=O) groups excluding carboxylic acids is 2. The molecule has 2 aromatic rings. The van der Waals surface area contributed by atoms with Gasteiger partial charge in [-0.3, -0.25) is 9.59 Å².